The largest absolute Gasteiger partial charge is 0.477 e. The number of hydrogen-bond acceptors (Lipinski definition) is 6. The zero-order chi connectivity index (χ0) is 20.7. The van der Waals surface area contributed by atoms with Crippen molar-refractivity contribution in [2.24, 2.45) is 0 Å². The third-order valence-corrected chi connectivity index (χ3v) is 5.42. The minimum absolute atomic E-state index is 0.0325. The first-order valence-corrected chi connectivity index (χ1v) is 10.3. The molecule has 0 radical (unpaired) electrons. The molecule has 0 atom stereocenters. The van der Waals surface area contributed by atoms with E-state index in [0.717, 1.165) is 29.3 Å². The summed E-state index contributed by atoms with van der Waals surface area (Å²) in [5.41, 5.74) is 2.19. The van der Waals surface area contributed by atoms with Crippen molar-refractivity contribution in [3.63, 3.8) is 0 Å². The van der Waals surface area contributed by atoms with Crippen LogP contribution in [-0.2, 0) is 6.54 Å². The lowest BCUT2D eigenvalue weighted by Gasteiger charge is -2.10. The Morgan fingerprint density at radius 2 is 2.07 bits per heavy atom. The average Bonchev–Trinajstić information content (AvgIpc) is 3.53. The van der Waals surface area contributed by atoms with Crippen LogP contribution in [0.3, 0.4) is 0 Å². The normalized spacial score (nSPS) is 13.9. The quantitative estimate of drug-likeness (QED) is 0.457. The van der Waals surface area contributed by atoms with Crippen LogP contribution in [-0.4, -0.2) is 42.4 Å². The van der Waals surface area contributed by atoms with Crippen LogP contribution in [0.15, 0.2) is 41.5 Å². The summed E-state index contributed by atoms with van der Waals surface area (Å²) in [4.78, 5) is 26.5. The fourth-order valence-corrected chi connectivity index (χ4v) is 3.81. The second-order valence-electron chi connectivity index (χ2n) is 7.37. The van der Waals surface area contributed by atoms with Gasteiger partial charge in [0.2, 0.25) is 5.88 Å². The van der Waals surface area contributed by atoms with E-state index in [1.807, 2.05) is 16.7 Å². The van der Waals surface area contributed by atoms with E-state index >= 15 is 0 Å². The van der Waals surface area contributed by atoms with Gasteiger partial charge in [-0.3, -0.25) is 14.1 Å². The summed E-state index contributed by atoms with van der Waals surface area (Å²) in [6.45, 7) is 0.555. The van der Waals surface area contributed by atoms with E-state index in [-0.39, 0.29) is 24.9 Å². The van der Waals surface area contributed by atoms with Gasteiger partial charge >= 0.3 is 5.69 Å². The zero-order valence-electron chi connectivity index (χ0n) is 16.2. The number of hydrogen-bond donors (Lipinski definition) is 1. The second-order valence-corrected chi connectivity index (χ2v) is 7.80. The molecule has 0 spiro atoms. The predicted molar refractivity (Wildman–Crippen MR) is 113 cm³/mol. The lowest BCUT2D eigenvalue weighted by molar-refractivity contribution is 0.230. The SMILES string of the molecule is O=c1n(Cc2nc(OCCCO)c3ccc(Cl)cc3n2)c2cnccc2n1C1CC1. The number of ether oxygens (including phenoxy) is 1. The Morgan fingerprint density at radius 1 is 1.20 bits per heavy atom. The minimum Gasteiger partial charge on any atom is -0.477 e. The molecule has 4 aromatic rings. The maximum absolute atomic E-state index is 13.2. The standard InChI is InChI=1S/C21H20ClN5O3/c22-13-2-5-15-16(10-13)24-19(25-20(15)30-9-1-8-28)12-26-18-11-23-7-6-17(18)27(21(26)29)14-3-4-14/h2,5-7,10-11,14,28H,1,3-4,8-9,12H2. The molecular formula is C21H20ClN5O3. The highest BCUT2D eigenvalue weighted by Gasteiger charge is 2.29. The van der Waals surface area contributed by atoms with E-state index in [2.05, 4.69) is 15.0 Å². The zero-order valence-corrected chi connectivity index (χ0v) is 16.9. The van der Waals surface area contributed by atoms with Crippen LogP contribution >= 0.6 is 11.6 Å². The van der Waals surface area contributed by atoms with Gasteiger partial charge in [-0.05, 0) is 37.1 Å². The van der Waals surface area contributed by atoms with Crippen LogP contribution in [0.2, 0.25) is 5.02 Å². The summed E-state index contributed by atoms with van der Waals surface area (Å²) in [5, 5.41) is 10.3. The van der Waals surface area contributed by atoms with Gasteiger partial charge in [-0.1, -0.05) is 11.6 Å². The Kier molecular flexibility index (Phi) is 4.88. The molecule has 5 rings (SSSR count). The number of halogens is 1. The van der Waals surface area contributed by atoms with Crippen LogP contribution in [0.4, 0.5) is 0 Å². The number of imidazole rings is 1. The smallest absolute Gasteiger partial charge is 0.329 e. The molecule has 8 nitrogen and oxygen atoms in total. The molecule has 0 unspecified atom stereocenters. The third-order valence-electron chi connectivity index (χ3n) is 5.19. The van der Waals surface area contributed by atoms with Gasteiger partial charge in [-0.25, -0.2) is 9.78 Å². The van der Waals surface area contributed by atoms with Crippen LogP contribution in [0.25, 0.3) is 21.9 Å². The van der Waals surface area contributed by atoms with Crippen LogP contribution < -0.4 is 10.4 Å². The predicted octanol–water partition coefficient (Wildman–Crippen LogP) is 2.94. The molecule has 0 amide bonds. The van der Waals surface area contributed by atoms with Gasteiger partial charge in [0.1, 0.15) is 0 Å². The minimum atomic E-state index is -0.0851. The van der Waals surface area contributed by atoms with Gasteiger partial charge in [0.05, 0.1) is 41.3 Å². The molecular weight excluding hydrogens is 406 g/mol. The van der Waals surface area contributed by atoms with Gasteiger partial charge in [-0.2, -0.15) is 4.98 Å². The van der Waals surface area contributed by atoms with E-state index < -0.39 is 0 Å². The average molecular weight is 426 g/mol. The number of aliphatic hydroxyl groups is 1. The first kappa shape index (κ1) is 19.0. The van der Waals surface area contributed by atoms with Crippen molar-refractivity contribution in [3.05, 3.63) is 58.0 Å². The highest BCUT2D eigenvalue weighted by atomic mass is 35.5. The number of aliphatic hydroxyl groups excluding tert-OH is 1. The highest BCUT2D eigenvalue weighted by Crippen LogP contribution is 2.36. The Labute approximate surface area is 176 Å². The fraction of sp³-hybridized carbons (Fsp3) is 0.333. The third kappa shape index (κ3) is 3.42. The van der Waals surface area contributed by atoms with Gasteiger partial charge in [0.15, 0.2) is 5.82 Å². The monoisotopic (exact) mass is 425 g/mol. The Bertz CT molecular complexity index is 1300. The molecule has 1 saturated carbocycles. The van der Waals surface area contributed by atoms with Crippen LogP contribution in [0.5, 0.6) is 5.88 Å². The van der Waals surface area contributed by atoms with Crippen molar-refractivity contribution in [1.82, 2.24) is 24.1 Å². The summed E-state index contributed by atoms with van der Waals surface area (Å²) in [5.74, 6) is 0.863. The summed E-state index contributed by atoms with van der Waals surface area (Å²) in [7, 11) is 0. The number of aromatic nitrogens is 5. The van der Waals surface area contributed by atoms with Gasteiger partial charge in [-0.15, -0.1) is 0 Å². The van der Waals surface area contributed by atoms with Crippen molar-refractivity contribution in [1.29, 1.82) is 0 Å². The van der Waals surface area contributed by atoms with E-state index in [4.69, 9.17) is 21.4 Å². The number of rotatable bonds is 7. The van der Waals surface area contributed by atoms with Crippen molar-refractivity contribution < 1.29 is 9.84 Å². The Hall–Kier alpha value is -2.97. The molecule has 3 heterocycles. The fourth-order valence-electron chi connectivity index (χ4n) is 3.64. The van der Waals surface area contributed by atoms with Crippen LogP contribution in [0.1, 0.15) is 31.1 Å². The number of nitrogens with zero attached hydrogens (tertiary/aromatic N) is 5. The number of fused-ring (bicyclic) bond motifs is 2. The first-order chi connectivity index (χ1) is 14.7. The Morgan fingerprint density at radius 3 is 2.87 bits per heavy atom. The van der Waals surface area contributed by atoms with Crippen LogP contribution in [0, 0.1) is 0 Å². The molecule has 1 aliphatic carbocycles. The van der Waals surface area contributed by atoms with E-state index in [9.17, 15) is 4.79 Å². The van der Waals surface area contributed by atoms with Crippen molar-refractivity contribution in [2.75, 3.05) is 13.2 Å². The van der Waals surface area contributed by atoms with Gasteiger partial charge in [0.25, 0.3) is 0 Å². The molecule has 0 bridgehead atoms. The maximum atomic E-state index is 13.2. The van der Waals surface area contributed by atoms with Gasteiger partial charge < -0.3 is 9.84 Å². The van der Waals surface area contributed by atoms with E-state index in [1.54, 1.807) is 29.1 Å². The maximum Gasteiger partial charge on any atom is 0.329 e. The molecule has 30 heavy (non-hydrogen) atoms. The lowest BCUT2D eigenvalue weighted by atomic mass is 10.2. The summed E-state index contributed by atoms with van der Waals surface area (Å²) >= 11 is 6.16. The molecule has 1 aliphatic rings. The number of benzene rings is 1. The molecule has 0 saturated heterocycles. The summed E-state index contributed by atoms with van der Waals surface area (Å²) in [6.07, 6.45) is 5.91. The molecule has 1 N–H and O–H groups in total. The number of pyridine rings is 1. The molecule has 1 fully saturated rings. The van der Waals surface area contributed by atoms with Crippen molar-refractivity contribution >= 4 is 33.5 Å². The molecule has 0 aliphatic heterocycles. The van der Waals surface area contributed by atoms with E-state index in [0.29, 0.717) is 35.3 Å². The lowest BCUT2D eigenvalue weighted by Crippen LogP contribution is -2.25. The van der Waals surface area contributed by atoms with E-state index in [1.165, 1.54) is 0 Å². The first-order valence-electron chi connectivity index (χ1n) is 9.90. The Balaban J connectivity index is 1.60. The van der Waals surface area contributed by atoms with Gasteiger partial charge in [0, 0.05) is 30.3 Å². The molecule has 3 aromatic heterocycles. The van der Waals surface area contributed by atoms with Crippen molar-refractivity contribution in [2.45, 2.75) is 31.8 Å². The second kappa shape index (κ2) is 7.70. The topological polar surface area (TPSA) is 95.1 Å². The molecule has 1 aromatic carbocycles. The highest BCUT2D eigenvalue weighted by molar-refractivity contribution is 6.31. The van der Waals surface area contributed by atoms with Crippen molar-refractivity contribution in [3.8, 4) is 5.88 Å². The molecule has 9 heteroatoms. The summed E-state index contributed by atoms with van der Waals surface area (Å²) < 4.78 is 9.29. The summed E-state index contributed by atoms with van der Waals surface area (Å²) in [6, 6.07) is 7.43. The molecule has 154 valence electrons.